The van der Waals surface area contributed by atoms with Gasteiger partial charge in [0.05, 0.1) is 26.4 Å². The minimum atomic E-state index is -4.98. The summed E-state index contributed by atoms with van der Waals surface area (Å²) in [5.74, 6) is -2.23. The minimum absolute atomic E-state index is 0.0228. The molecule has 0 radical (unpaired) electrons. The molecular formula is C81H146O17P2. The molecule has 19 heteroatoms. The van der Waals surface area contributed by atoms with Crippen LogP contribution >= 0.6 is 15.6 Å². The van der Waals surface area contributed by atoms with Crippen LogP contribution in [0.1, 0.15) is 362 Å². The number of ether oxygens (including phenoxy) is 4. The predicted octanol–water partition coefficient (Wildman–Crippen LogP) is 23.2. The maximum atomic E-state index is 13.1. The van der Waals surface area contributed by atoms with Crippen LogP contribution in [0.25, 0.3) is 0 Å². The van der Waals surface area contributed by atoms with E-state index in [4.69, 9.17) is 37.0 Å². The summed E-state index contributed by atoms with van der Waals surface area (Å²) in [7, 11) is -9.96. The van der Waals surface area contributed by atoms with Gasteiger partial charge in [0.2, 0.25) is 0 Å². The third-order valence-corrected chi connectivity index (χ3v) is 19.0. The molecule has 0 aliphatic heterocycles. The Morgan fingerprint density at radius 3 is 0.820 bits per heavy atom. The lowest BCUT2D eigenvalue weighted by Crippen LogP contribution is -2.30. The van der Waals surface area contributed by atoms with E-state index in [2.05, 4.69) is 88.5 Å². The highest BCUT2D eigenvalue weighted by molar-refractivity contribution is 7.47. The Bertz CT molecular complexity index is 2180. The Kier molecular flexibility index (Phi) is 71.2. The summed E-state index contributed by atoms with van der Waals surface area (Å²) < 4.78 is 68.5. The van der Waals surface area contributed by atoms with Gasteiger partial charge in [0.15, 0.2) is 12.2 Å². The van der Waals surface area contributed by atoms with E-state index >= 15 is 0 Å². The molecule has 17 nitrogen and oxygen atoms in total. The van der Waals surface area contributed by atoms with E-state index in [-0.39, 0.29) is 25.7 Å². The monoisotopic (exact) mass is 1450 g/mol. The van der Waals surface area contributed by atoms with Crippen molar-refractivity contribution in [2.24, 2.45) is 0 Å². The maximum absolute atomic E-state index is 13.1. The van der Waals surface area contributed by atoms with Crippen LogP contribution in [-0.4, -0.2) is 96.7 Å². The Hall–Kier alpha value is -3.50. The molecule has 0 aromatic rings. The lowest BCUT2D eigenvalue weighted by atomic mass is 10.0. The molecule has 0 aliphatic carbocycles. The van der Waals surface area contributed by atoms with Crippen LogP contribution in [0, 0.1) is 0 Å². The van der Waals surface area contributed by atoms with Crippen LogP contribution in [-0.2, 0) is 65.4 Å². The SMILES string of the molecule is CCCCC/C=C\C/C=C\C/C=C\C/C=C\CCCC(=O)O[C@H](COC(=O)CCCCCCCCCCCCCCC)COP(=O)(O)OC[C@H](O)COP(=O)(O)OC[C@@H](COC(=O)CCCCCCC/C=C\CCCCCCCC)OC(=O)CCCCCCC/C=C\CCCCCCCC. The van der Waals surface area contributed by atoms with Crippen molar-refractivity contribution in [2.75, 3.05) is 39.6 Å². The fourth-order valence-electron chi connectivity index (χ4n) is 11.0. The predicted molar refractivity (Wildman–Crippen MR) is 409 cm³/mol. The molecule has 0 rings (SSSR count). The summed E-state index contributed by atoms with van der Waals surface area (Å²) in [6.07, 6.45) is 74.6. The minimum Gasteiger partial charge on any atom is -0.462 e. The lowest BCUT2D eigenvalue weighted by Gasteiger charge is -2.21. The first-order valence-corrected chi connectivity index (χ1v) is 43.2. The van der Waals surface area contributed by atoms with Crippen molar-refractivity contribution in [2.45, 2.75) is 380 Å². The van der Waals surface area contributed by atoms with Crippen molar-refractivity contribution < 1.29 is 80.2 Å². The molecule has 2 unspecified atom stereocenters. The molecule has 0 aromatic carbocycles. The second kappa shape index (κ2) is 73.8. The molecule has 0 saturated heterocycles. The normalized spacial score (nSPS) is 14.3. The fraction of sp³-hybridized carbons (Fsp3) is 0.802. The summed E-state index contributed by atoms with van der Waals surface area (Å²) in [5, 5.41) is 10.6. The molecule has 0 spiro atoms. The molecule has 0 aromatic heterocycles. The van der Waals surface area contributed by atoms with Crippen molar-refractivity contribution in [1.82, 2.24) is 0 Å². The van der Waals surface area contributed by atoms with Gasteiger partial charge in [-0.15, -0.1) is 0 Å². The Balaban J connectivity index is 5.39. The molecule has 0 saturated carbocycles. The van der Waals surface area contributed by atoms with E-state index < -0.39 is 97.5 Å². The molecular weight excluding hydrogens is 1310 g/mol. The zero-order valence-electron chi connectivity index (χ0n) is 63.6. The van der Waals surface area contributed by atoms with Crippen molar-refractivity contribution in [1.29, 1.82) is 0 Å². The average Bonchev–Trinajstić information content (AvgIpc) is 1.13. The number of aliphatic hydroxyl groups is 1. The van der Waals surface area contributed by atoms with Crippen LogP contribution in [0.4, 0.5) is 0 Å². The van der Waals surface area contributed by atoms with Gasteiger partial charge in [-0.05, 0) is 116 Å². The number of aliphatic hydroxyl groups excluding tert-OH is 1. The third-order valence-electron chi connectivity index (χ3n) is 17.1. The van der Waals surface area contributed by atoms with E-state index in [1.54, 1.807) is 0 Å². The second-order valence-electron chi connectivity index (χ2n) is 27.0. The van der Waals surface area contributed by atoms with E-state index in [0.717, 1.165) is 122 Å². The average molecular weight is 1450 g/mol. The topological polar surface area (TPSA) is 237 Å². The number of allylic oxidation sites excluding steroid dienone is 12. The highest BCUT2D eigenvalue weighted by Crippen LogP contribution is 2.45. The van der Waals surface area contributed by atoms with Gasteiger partial charge in [-0.3, -0.25) is 37.3 Å². The van der Waals surface area contributed by atoms with Gasteiger partial charge in [0, 0.05) is 25.7 Å². The van der Waals surface area contributed by atoms with Gasteiger partial charge in [0.25, 0.3) is 0 Å². The molecule has 0 amide bonds. The van der Waals surface area contributed by atoms with Gasteiger partial charge in [-0.25, -0.2) is 9.13 Å². The summed E-state index contributed by atoms with van der Waals surface area (Å²) in [6, 6.07) is 0. The first-order chi connectivity index (χ1) is 48.7. The highest BCUT2D eigenvalue weighted by Gasteiger charge is 2.30. The number of carbonyl (C=O) groups is 4. The largest absolute Gasteiger partial charge is 0.472 e. The maximum Gasteiger partial charge on any atom is 0.472 e. The van der Waals surface area contributed by atoms with E-state index in [1.807, 2.05) is 12.2 Å². The van der Waals surface area contributed by atoms with Gasteiger partial charge < -0.3 is 33.8 Å². The molecule has 100 heavy (non-hydrogen) atoms. The van der Waals surface area contributed by atoms with Crippen LogP contribution in [0.15, 0.2) is 72.9 Å². The number of carbonyl (C=O) groups excluding carboxylic acids is 4. The van der Waals surface area contributed by atoms with Gasteiger partial charge in [0.1, 0.15) is 19.3 Å². The van der Waals surface area contributed by atoms with Gasteiger partial charge in [-0.1, -0.05) is 293 Å². The first kappa shape index (κ1) is 96.5. The van der Waals surface area contributed by atoms with E-state index in [1.165, 1.54) is 154 Å². The molecule has 0 aliphatic rings. The Morgan fingerprint density at radius 2 is 0.500 bits per heavy atom. The number of phosphoric acid groups is 2. The second-order valence-corrected chi connectivity index (χ2v) is 29.9. The van der Waals surface area contributed by atoms with Crippen LogP contribution in [0.5, 0.6) is 0 Å². The standard InChI is InChI=1S/C81H146O17P2/c1-5-9-13-17-21-25-29-33-36-37-40-44-48-52-56-60-64-68-81(86)98-76(71-91-78(83)65-61-57-53-49-45-41-32-28-24-20-16-12-8-4)73-95-99(87,88)93-69-75(82)70-94-100(89,90)96-74-77(97-80(85)67-63-59-55-51-47-43-39-35-31-27-23-19-15-11-7-3)72-92-79(84)66-62-58-54-50-46-42-38-34-30-26-22-18-14-10-6-2/h21,25,33-36,38-40,44,52,56,75-77,82H,5-20,22-24,26-32,37,41-43,45-51,53-55,57-74H2,1-4H3,(H,87,88)(H,89,90)/b25-21-,36-33-,38-34-,39-35-,44-40-,56-52-/t75-,76+,77+/m0/s1. The van der Waals surface area contributed by atoms with Crippen molar-refractivity contribution >= 4 is 39.5 Å². The van der Waals surface area contributed by atoms with Crippen molar-refractivity contribution in [3.8, 4) is 0 Å². The van der Waals surface area contributed by atoms with Crippen molar-refractivity contribution in [3.05, 3.63) is 72.9 Å². The summed E-state index contributed by atoms with van der Waals surface area (Å²) in [6.45, 7) is 4.81. The Labute approximate surface area is 609 Å². The number of hydrogen-bond acceptors (Lipinski definition) is 15. The smallest absolute Gasteiger partial charge is 0.462 e. The first-order valence-electron chi connectivity index (χ1n) is 40.2. The van der Waals surface area contributed by atoms with Gasteiger partial charge in [-0.2, -0.15) is 0 Å². The highest BCUT2D eigenvalue weighted by atomic mass is 31.2. The lowest BCUT2D eigenvalue weighted by molar-refractivity contribution is -0.161. The van der Waals surface area contributed by atoms with Crippen LogP contribution in [0.3, 0.4) is 0 Å². The molecule has 0 heterocycles. The number of hydrogen-bond donors (Lipinski definition) is 3. The molecule has 5 atom stereocenters. The molecule has 0 bridgehead atoms. The van der Waals surface area contributed by atoms with E-state index in [9.17, 15) is 43.2 Å². The number of unbranched alkanes of at least 4 members (excludes halogenated alkanes) is 38. The Morgan fingerprint density at radius 1 is 0.280 bits per heavy atom. The summed E-state index contributed by atoms with van der Waals surface area (Å²) in [5.41, 5.74) is 0. The number of esters is 4. The fourth-order valence-corrected chi connectivity index (χ4v) is 12.5. The molecule has 3 N–H and O–H groups in total. The number of phosphoric ester groups is 2. The van der Waals surface area contributed by atoms with Crippen LogP contribution in [0.2, 0.25) is 0 Å². The van der Waals surface area contributed by atoms with E-state index in [0.29, 0.717) is 32.1 Å². The third kappa shape index (κ3) is 72.8. The van der Waals surface area contributed by atoms with Gasteiger partial charge >= 0.3 is 39.5 Å². The zero-order valence-corrected chi connectivity index (χ0v) is 65.4. The van der Waals surface area contributed by atoms with Crippen molar-refractivity contribution in [3.63, 3.8) is 0 Å². The zero-order chi connectivity index (χ0) is 73.2. The van der Waals surface area contributed by atoms with Crippen LogP contribution < -0.4 is 0 Å². The quantitative estimate of drug-likeness (QED) is 0.0169. The molecule has 0 fully saturated rings. The summed E-state index contributed by atoms with van der Waals surface area (Å²) in [4.78, 5) is 72.9. The molecule has 582 valence electrons. The number of rotatable bonds is 76. The summed E-state index contributed by atoms with van der Waals surface area (Å²) >= 11 is 0.